The van der Waals surface area contributed by atoms with E-state index >= 15 is 0 Å². The minimum absolute atomic E-state index is 0.485. The fourth-order valence-electron chi connectivity index (χ4n) is 1.61. The maximum atomic E-state index is 5.60. The number of rotatable bonds is 1. The van der Waals surface area contributed by atoms with Crippen molar-refractivity contribution in [2.75, 3.05) is 0 Å². The smallest absolute Gasteiger partial charge is 0.127 e. The number of nitrogens with two attached hydrogens (primary N) is 1. The summed E-state index contributed by atoms with van der Waals surface area (Å²) >= 11 is 0. The van der Waals surface area contributed by atoms with E-state index in [4.69, 9.17) is 5.73 Å². The Balaban J connectivity index is 2.87. The van der Waals surface area contributed by atoms with Crippen LogP contribution in [-0.4, -0.2) is 9.38 Å². The Bertz CT molecular complexity index is 443. The normalized spacial score (nSPS) is 11.0. The highest BCUT2D eigenvalue weighted by Crippen LogP contribution is 2.14. The predicted molar refractivity (Wildman–Crippen MR) is 52.6 cm³/mol. The van der Waals surface area contributed by atoms with Gasteiger partial charge in [-0.1, -0.05) is 6.07 Å². The number of imidazole rings is 1. The lowest BCUT2D eigenvalue weighted by molar-refractivity contribution is 0.882. The quantitative estimate of drug-likeness (QED) is 0.712. The van der Waals surface area contributed by atoms with Crippen LogP contribution in [0.5, 0.6) is 0 Å². The molecule has 0 saturated heterocycles. The highest BCUT2D eigenvalue weighted by Gasteiger charge is 2.05. The molecule has 2 N–H and O–H groups in total. The molecule has 0 aromatic carbocycles. The maximum Gasteiger partial charge on any atom is 0.127 e. The molecule has 3 heteroatoms. The fraction of sp³-hybridized carbons (Fsp3) is 0.300. The number of aryl methyl sites for hydroxylation is 2. The molecule has 2 rings (SSSR count). The molecule has 0 amide bonds. The van der Waals surface area contributed by atoms with Gasteiger partial charge in [-0.2, -0.15) is 0 Å². The van der Waals surface area contributed by atoms with Gasteiger partial charge in [0.15, 0.2) is 0 Å². The summed E-state index contributed by atoms with van der Waals surface area (Å²) in [4.78, 5) is 4.27. The first-order valence-corrected chi connectivity index (χ1v) is 4.36. The lowest BCUT2D eigenvalue weighted by Crippen LogP contribution is -2.04. The third kappa shape index (κ3) is 1.12. The molecule has 0 spiro atoms. The number of fused-ring (bicyclic) bond motifs is 1. The predicted octanol–water partition coefficient (Wildman–Crippen LogP) is 1.41. The number of nitrogens with zero attached hydrogens (tertiary/aromatic N) is 2. The standard InChI is InChI=1S/C10H13N3/c1-7-3-4-8(2)13-9(7)6-12-10(13)5-11/h3-4,6H,5,11H2,1-2H3. The Kier molecular flexibility index (Phi) is 1.81. The molecule has 0 aliphatic carbocycles. The van der Waals surface area contributed by atoms with Crippen molar-refractivity contribution < 1.29 is 0 Å². The Morgan fingerprint density at radius 1 is 1.38 bits per heavy atom. The molecular weight excluding hydrogens is 162 g/mol. The van der Waals surface area contributed by atoms with Crippen molar-refractivity contribution in [3.8, 4) is 0 Å². The summed E-state index contributed by atoms with van der Waals surface area (Å²) < 4.78 is 2.11. The summed E-state index contributed by atoms with van der Waals surface area (Å²) in [6, 6.07) is 4.19. The van der Waals surface area contributed by atoms with Crippen LogP contribution in [0.25, 0.3) is 5.52 Å². The van der Waals surface area contributed by atoms with Gasteiger partial charge < -0.3 is 5.73 Å². The van der Waals surface area contributed by atoms with Gasteiger partial charge in [0.2, 0.25) is 0 Å². The number of aromatic nitrogens is 2. The molecule has 0 aliphatic rings. The van der Waals surface area contributed by atoms with Crippen LogP contribution in [0.2, 0.25) is 0 Å². The molecule has 2 aromatic heterocycles. The molecular formula is C10H13N3. The van der Waals surface area contributed by atoms with Gasteiger partial charge in [-0.3, -0.25) is 4.40 Å². The van der Waals surface area contributed by atoms with E-state index in [0.29, 0.717) is 6.54 Å². The van der Waals surface area contributed by atoms with E-state index in [1.54, 1.807) is 0 Å². The lowest BCUT2D eigenvalue weighted by Gasteiger charge is -2.04. The molecule has 3 nitrogen and oxygen atoms in total. The van der Waals surface area contributed by atoms with Crippen molar-refractivity contribution in [1.82, 2.24) is 9.38 Å². The summed E-state index contributed by atoms with van der Waals surface area (Å²) in [5.74, 6) is 0.927. The highest BCUT2D eigenvalue weighted by molar-refractivity contribution is 5.54. The monoisotopic (exact) mass is 175 g/mol. The average molecular weight is 175 g/mol. The SMILES string of the molecule is Cc1ccc(C)n2c(CN)ncc12. The van der Waals surface area contributed by atoms with E-state index in [-0.39, 0.29) is 0 Å². The summed E-state index contributed by atoms with van der Waals surface area (Å²) in [6.07, 6.45) is 1.88. The Morgan fingerprint density at radius 3 is 2.85 bits per heavy atom. The van der Waals surface area contributed by atoms with Crippen LogP contribution in [0, 0.1) is 13.8 Å². The van der Waals surface area contributed by atoms with Gasteiger partial charge in [-0.05, 0) is 25.5 Å². The van der Waals surface area contributed by atoms with Gasteiger partial charge >= 0.3 is 0 Å². The third-order valence-corrected chi connectivity index (χ3v) is 2.35. The van der Waals surface area contributed by atoms with Gasteiger partial charge in [0.25, 0.3) is 0 Å². The second-order valence-corrected chi connectivity index (χ2v) is 3.26. The van der Waals surface area contributed by atoms with E-state index < -0.39 is 0 Å². The van der Waals surface area contributed by atoms with Crippen LogP contribution in [0.4, 0.5) is 0 Å². The lowest BCUT2D eigenvalue weighted by atomic mass is 10.2. The fourth-order valence-corrected chi connectivity index (χ4v) is 1.61. The van der Waals surface area contributed by atoms with Crippen LogP contribution in [-0.2, 0) is 6.54 Å². The van der Waals surface area contributed by atoms with Crippen molar-refractivity contribution in [3.63, 3.8) is 0 Å². The Hall–Kier alpha value is -1.35. The van der Waals surface area contributed by atoms with Crippen LogP contribution >= 0.6 is 0 Å². The van der Waals surface area contributed by atoms with Gasteiger partial charge in [0, 0.05) is 5.69 Å². The molecule has 13 heavy (non-hydrogen) atoms. The van der Waals surface area contributed by atoms with Crippen molar-refractivity contribution in [1.29, 1.82) is 0 Å². The van der Waals surface area contributed by atoms with E-state index in [2.05, 4.69) is 35.4 Å². The number of hydrogen-bond acceptors (Lipinski definition) is 2. The van der Waals surface area contributed by atoms with Crippen LogP contribution in [0.1, 0.15) is 17.1 Å². The van der Waals surface area contributed by atoms with Crippen molar-refractivity contribution >= 4 is 5.52 Å². The molecule has 0 unspecified atom stereocenters. The second-order valence-electron chi connectivity index (χ2n) is 3.26. The topological polar surface area (TPSA) is 43.3 Å². The average Bonchev–Trinajstić information content (AvgIpc) is 2.56. The first-order chi connectivity index (χ1) is 6.24. The van der Waals surface area contributed by atoms with E-state index in [0.717, 1.165) is 11.3 Å². The van der Waals surface area contributed by atoms with Crippen molar-refractivity contribution in [2.45, 2.75) is 20.4 Å². The summed E-state index contributed by atoms with van der Waals surface area (Å²) in [5.41, 5.74) is 9.16. The molecule has 0 radical (unpaired) electrons. The molecule has 2 aromatic rings. The van der Waals surface area contributed by atoms with Crippen molar-refractivity contribution in [3.05, 3.63) is 35.4 Å². The second kappa shape index (κ2) is 2.85. The minimum Gasteiger partial charge on any atom is -0.324 e. The first kappa shape index (κ1) is 8.26. The molecule has 0 aliphatic heterocycles. The third-order valence-electron chi connectivity index (χ3n) is 2.35. The summed E-state index contributed by atoms with van der Waals surface area (Å²) in [7, 11) is 0. The first-order valence-electron chi connectivity index (χ1n) is 4.36. The molecule has 0 saturated carbocycles. The van der Waals surface area contributed by atoms with E-state index in [1.807, 2.05) is 6.20 Å². The van der Waals surface area contributed by atoms with Gasteiger partial charge in [0.05, 0.1) is 18.3 Å². The maximum absolute atomic E-state index is 5.60. The van der Waals surface area contributed by atoms with Crippen LogP contribution < -0.4 is 5.73 Å². The van der Waals surface area contributed by atoms with Crippen molar-refractivity contribution in [2.24, 2.45) is 5.73 Å². The molecule has 2 heterocycles. The number of pyridine rings is 1. The molecule has 0 atom stereocenters. The molecule has 68 valence electrons. The van der Waals surface area contributed by atoms with Gasteiger partial charge in [-0.25, -0.2) is 4.98 Å². The van der Waals surface area contributed by atoms with Crippen LogP contribution in [0.3, 0.4) is 0 Å². The van der Waals surface area contributed by atoms with E-state index in [1.165, 1.54) is 11.3 Å². The largest absolute Gasteiger partial charge is 0.324 e. The van der Waals surface area contributed by atoms with E-state index in [9.17, 15) is 0 Å². The zero-order valence-corrected chi connectivity index (χ0v) is 7.91. The zero-order chi connectivity index (χ0) is 9.42. The zero-order valence-electron chi connectivity index (χ0n) is 7.91. The Labute approximate surface area is 77.2 Å². The van der Waals surface area contributed by atoms with Gasteiger partial charge in [-0.15, -0.1) is 0 Å². The molecule has 0 fully saturated rings. The van der Waals surface area contributed by atoms with Gasteiger partial charge in [0.1, 0.15) is 5.82 Å². The minimum atomic E-state index is 0.485. The molecule has 0 bridgehead atoms. The van der Waals surface area contributed by atoms with Crippen LogP contribution in [0.15, 0.2) is 18.3 Å². The summed E-state index contributed by atoms with van der Waals surface area (Å²) in [5, 5.41) is 0. The number of hydrogen-bond donors (Lipinski definition) is 1. The summed E-state index contributed by atoms with van der Waals surface area (Å²) in [6.45, 7) is 4.63. The Morgan fingerprint density at radius 2 is 2.15 bits per heavy atom. The highest BCUT2D eigenvalue weighted by atomic mass is 15.0.